The minimum absolute atomic E-state index is 0.00431. The minimum Gasteiger partial charge on any atom is -0.310 e. The molecule has 0 aliphatic rings. The molecule has 0 fully saturated rings. The fraction of sp³-hybridized carbons (Fsp3) is 0.250. The van der Waals surface area contributed by atoms with Crippen molar-refractivity contribution < 1.29 is 21.6 Å². The Morgan fingerprint density at radius 1 is 1.00 bits per heavy atom. The second-order valence-corrected chi connectivity index (χ2v) is 9.37. The topological polar surface area (TPSA) is 76.0 Å². The van der Waals surface area contributed by atoms with E-state index in [-0.39, 0.29) is 11.6 Å². The average molecular weight is 507 g/mol. The normalized spacial score (nSPS) is 12.2. The maximum atomic E-state index is 12.9. The lowest BCUT2D eigenvalue weighted by molar-refractivity contribution is -0.137. The van der Waals surface area contributed by atoms with Gasteiger partial charge in [-0.15, -0.1) is 0 Å². The molecule has 12 heteroatoms. The number of benzene rings is 2. The summed E-state index contributed by atoms with van der Waals surface area (Å²) in [6.07, 6.45) is -2.03. The van der Waals surface area contributed by atoms with Crippen molar-refractivity contribution in [2.75, 3.05) is 18.5 Å². The van der Waals surface area contributed by atoms with Gasteiger partial charge in [0, 0.05) is 30.7 Å². The van der Waals surface area contributed by atoms with E-state index in [0.29, 0.717) is 30.5 Å². The largest absolute Gasteiger partial charge is 0.416 e. The molecular weight excluding hydrogens is 488 g/mol. The van der Waals surface area contributed by atoms with Crippen LogP contribution < -0.4 is 10.1 Å². The Morgan fingerprint density at radius 3 is 2.47 bits per heavy atom. The van der Waals surface area contributed by atoms with Gasteiger partial charge in [0.25, 0.3) is 0 Å². The first-order valence-electron chi connectivity index (χ1n) is 9.44. The zero-order valence-corrected chi connectivity index (χ0v) is 18.9. The van der Waals surface area contributed by atoms with Crippen LogP contribution in [0.5, 0.6) is 0 Å². The minimum atomic E-state index is -4.67. The van der Waals surface area contributed by atoms with Crippen molar-refractivity contribution in [3.8, 4) is 0 Å². The summed E-state index contributed by atoms with van der Waals surface area (Å²) in [5.74, 6) is 0. The molecule has 0 aliphatic heterocycles. The van der Waals surface area contributed by atoms with Crippen LogP contribution in [0.25, 0.3) is 0 Å². The van der Waals surface area contributed by atoms with E-state index in [2.05, 4.69) is 15.2 Å². The van der Waals surface area contributed by atoms with E-state index >= 15 is 0 Å². The Morgan fingerprint density at radius 2 is 1.75 bits per heavy atom. The van der Waals surface area contributed by atoms with E-state index in [1.165, 1.54) is 4.79 Å². The van der Waals surface area contributed by atoms with Gasteiger partial charge in [-0.3, -0.25) is 0 Å². The predicted molar refractivity (Wildman–Crippen MR) is 117 cm³/mol. The molecule has 0 aliphatic carbocycles. The monoisotopic (exact) mass is 506 g/mol. The number of aromatic nitrogens is 2. The summed E-state index contributed by atoms with van der Waals surface area (Å²) in [6, 6.07) is 11.5. The molecular formula is C20H19Cl2F3N4O2S. The highest BCUT2D eigenvalue weighted by atomic mass is 35.5. The van der Waals surface area contributed by atoms with E-state index in [1.807, 2.05) is 24.3 Å². The molecule has 0 atom stereocenters. The van der Waals surface area contributed by atoms with Crippen molar-refractivity contribution in [2.45, 2.75) is 23.9 Å². The fourth-order valence-corrected chi connectivity index (χ4v) is 4.63. The average Bonchev–Trinajstić information content (AvgIpc) is 3.16. The summed E-state index contributed by atoms with van der Waals surface area (Å²) in [7, 11) is -4.20. The van der Waals surface area contributed by atoms with Crippen LogP contribution in [0.4, 0.5) is 13.2 Å². The van der Waals surface area contributed by atoms with E-state index in [1.54, 1.807) is 12.3 Å². The number of hydrogen-bond donors (Lipinski definition) is 2. The highest BCUT2D eigenvalue weighted by Gasteiger charge is 2.32. The van der Waals surface area contributed by atoms with Crippen LogP contribution >= 0.6 is 23.2 Å². The molecule has 3 rings (SSSR count). The number of hydrogen-bond acceptors (Lipinski definition) is 4. The van der Waals surface area contributed by atoms with Gasteiger partial charge in [0.05, 0.1) is 16.3 Å². The van der Waals surface area contributed by atoms with Crippen LogP contribution in [0, 0.1) is 0 Å². The molecule has 0 saturated heterocycles. The van der Waals surface area contributed by atoms with Gasteiger partial charge in [-0.2, -0.15) is 23.1 Å². The van der Waals surface area contributed by atoms with Gasteiger partial charge in [0.15, 0.2) is 0 Å². The van der Waals surface area contributed by atoms with E-state index in [9.17, 15) is 21.6 Å². The number of sulfonamides is 1. The third-order valence-corrected chi connectivity index (χ3v) is 6.75. The lowest BCUT2D eigenvalue weighted by Crippen LogP contribution is -2.28. The number of nitrogens with zero attached hydrogens (tertiary/aromatic N) is 2. The molecule has 32 heavy (non-hydrogen) atoms. The number of nitrogens with one attached hydrogen (secondary N) is 2. The van der Waals surface area contributed by atoms with Crippen LogP contribution in [-0.4, -0.2) is 31.4 Å². The number of alkyl halides is 3. The fourth-order valence-electron chi connectivity index (χ4n) is 2.83. The van der Waals surface area contributed by atoms with Gasteiger partial charge in [0.2, 0.25) is 10.0 Å². The molecule has 0 bridgehead atoms. The molecule has 0 saturated carbocycles. The molecule has 0 amide bonds. The van der Waals surface area contributed by atoms with Crippen LogP contribution in [0.1, 0.15) is 23.2 Å². The smallest absolute Gasteiger partial charge is 0.310 e. The van der Waals surface area contributed by atoms with Crippen molar-refractivity contribution in [1.29, 1.82) is 0 Å². The summed E-state index contributed by atoms with van der Waals surface area (Å²) in [4.78, 5) is 0.892. The standard InChI is InChI=1S/C20H19Cl2F3N4O2S/c21-17-5-2-1-4-14(17)12-16-8-11-29(28-16)26-9-3-10-27-32(30,31)19-13-15(20(23,24)25)6-7-18(19)22/h1-2,4-8,11,13,26-27H,3,9-10,12H2. The van der Waals surface area contributed by atoms with Gasteiger partial charge in [-0.05, 0) is 42.3 Å². The van der Waals surface area contributed by atoms with Gasteiger partial charge >= 0.3 is 6.18 Å². The summed E-state index contributed by atoms with van der Waals surface area (Å²) in [5.41, 5.74) is 3.65. The highest BCUT2D eigenvalue weighted by molar-refractivity contribution is 7.89. The van der Waals surface area contributed by atoms with Crippen LogP contribution in [0.15, 0.2) is 59.6 Å². The molecule has 0 unspecified atom stereocenters. The lowest BCUT2D eigenvalue weighted by Gasteiger charge is -2.12. The molecule has 0 spiro atoms. The van der Waals surface area contributed by atoms with Crippen molar-refractivity contribution in [1.82, 2.24) is 14.6 Å². The molecule has 1 heterocycles. The molecule has 172 valence electrons. The summed E-state index contributed by atoms with van der Waals surface area (Å²) in [5, 5.41) is 4.74. The Hall–Kier alpha value is -2.27. The number of halogens is 5. The Bertz CT molecular complexity index is 1180. The second kappa shape index (κ2) is 10.1. The molecule has 2 N–H and O–H groups in total. The van der Waals surface area contributed by atoms with Crippen molar-refractivity contribution in [3.05, 3.63) is 81.6 Å². The first-order valence-corrected chi connectivity index (χ1v) is 11.7. The first-order chi connectivity index (χ1) is 15.1. The quantitative estimate of drug-likeness (QED) is 0.412. The van der Waals surface area contributed by atoms with Crippen LogP contribution in [0.3, 0.4) is 0 Å². The Kier molecular flexibility index (Phi) is 7.71. The zero-order chi connectivity index (χ0) is 23.4. The van der Waals surface area contributed by atoms with Crippen molar-refractivity contribution in [3.63, 3.8) is 0 Å². The summed E-state index contributed by atoms with van der Waals surface area (Å²) < 4.78 is 65.6. The Labute approximate surface area is 193 Å². The molecule has 1 aromatic heterocycles. The van der Waals surface area contributed by atoms with Gasteiger partial charge in [-0.1, -0.05) is 41.4 Å². The van der Waals surface area contributed by atoms with E-state index in [0.717, 1.165) is 23.4 Å². The first kappa shape index (κ1) is 24.4. The predicted octanol–water partition coefficient (Wildman–Crippen LogP) is 4.71. The van der Waals surface area contributed by atoms with Gasteiger partial charge in [0.1, 0.15) is 4.90 Å². The SMILES string of the molecule is O=S(=O)(NCCCNn1ccc(Cc2ccccc2Cl)n1)c1cc(C(F)(F)F)ccc1Cl. The second-order valence-electron chi connectivity index (χ2n) is 6.82. The summed E-state index contributed by atoms with van der Waals surface area (Å²) in [6.45, 7) is 0.363. The maximum Gasteiger partial charge on any atom is 0.416 e. The van der Waals surface area contributed by atoms with Crippen molar-refractivity contribution >= 4 is 33.2 Å². The van der Waals surface area contributed by atoms with Crippen LogP contribution in [-0.2, 0) is 22.6 Å². The number of rotatable bonds is 9. The molecule has 6 nitrogen and oxygen atoms in total. The molecule has 3 aromatic rings. The maximum absolute atomic E-state index is 12.9. The van der Waals surface area contributed by atoms with Crippen LogP contribution in [0.2, 0.25) is 10.0 Å². The molecule has 0 radical (unpaired) electrons. The molecule has 2 aromatic carbocycles. The third-order valence-electron chi connectivity index (χ3n) is 4.44. The lowest BCUT2D eigenvalue weighted by atomic mass is 10.1. The van der Waals surface area contributed by atoms with Crippen molar-refractivity contribution in [2.24, 2.45) is 0 Å². The third kappa shape index (κ3) is 6.38. The van der Waals surface area contributed by atoms with E-state index in [4.69, 9.17) is 23.2 Å². The van der Waals surface area contributed by atoms with Gasteiger partial charge in [-0.25, -0.2) is 13.1 Å². The van der Waals surface area contributed by atoms with Gasteiger partial charge < -0.3 is 5.43 Å². The zero-order valence-electron chi connectivity index (χ0n) is 16.5. The van der Waals surface area contributed by atoms with E-state index < -0.39 is 26.7 Å². The highest BCUT2D eigenvalue weighted by Crippen LogP contribution is 2.33. The Balaban J connectivity index is 1.50. The summed E-state index contributed by atoms with van der Waals surface area (Å²) >= 11 is 12.0.